The number of thioether (sulfide) groups is 1. The van der Waals surface area contributed by atoms with Crippen molar-refractivity contribution >= 4 is 46.3 Å². The van der Waals surface area contributed by atoms with Crippen molar-refractivity contribution in [3.05, 3.63) is 127 Å². The summed E-state index contributed by atoms with van der Waals surface area (Å²) in [6, 6.07) is 23.6. The molecule has 0 spiro atoms. The molecular weight excluding hydrogens is 663 g/mol. The van der Waals surface area contributed by atoms with E-state index in [0.29, 0.717) is 35.4 Å². The van der Waals surface area contributed by atoms with Gasteiger partial charge in [0, 0.05) is 29.3 Å². The first kappa shape index (κ1) is 33.6. The van der Waals surface area contributed by atoms with E-state index in [4.69, 9.17) is 9.84 Å². The van der Waals surface area contributed by atoms with Crippen molar-refractivity contribution in [2.45, 2.75) is 44.9 Å². The fraction of sp³-hybridized carbons (Fsp3) is 0.229. The number of benzene rings is 3. The van der Waals surface area contributed by atoms with Crippen LogP contribution in [0.5, 0.6) is 5.75 Å². The predicted octanol–water partition coefficient (Wildman–Crippen LogP) is 6.65. The zero-order valence-corrected chi connectivity index (χ0v) is 28.7. The molecule has 0 saturated heterocycles. The monoisotopic (exact) mass is 695 g/mol. The highest BCUT2D eigenvalue weighted by Crippen LogP contribution is 2.35. The van der Waals surface area contributed by atoms with Gasteiger partial charge in [-0.15, -0.1) is 21.5 Å². The van der Waals surface area contributed by atoms with E-state index in [2.05, 4.69) is 15.5 Å². The molecule has 0 saturated carbocycles. The Morgan fingerprint density at radius 2 is 1.82 bits per heavy atom. The van der Waals surface area contributed by atoms with Gasteiger partial charge in [-0.1, -0.05) is 53.7 Å². The lowest BCUT2D eigenvalue weighted by molar-refractivity contribution is -0.385. The van der Waals surface area contributed by atoms with Crippen LogP contribution in [0.2, 0.25) is 0 Å². The molecule has 12 nitrogen and oxygen atoms in total. The third kappa shape index (κ3) is 7.39. The second-order valence-corrected chi connectivity index (χ2v) is 13.1. The van der Waals surface area contributed by atoms with Gasteiger partial charge in [-0.25, -0.2) is 5.01 Å². The highest BCUT2D eigenvalue weighted by atomic mass is 32.2. The van der Waals surface area contributed by atoms with Crippen LogP contribution >= 0.6 is 23.1 Å². The molecule has 1 aliphatic heterocycles. The van der Waals surface area contributed by atoms with Crippen molar-refractivity contribution in [3.63, 3.8) is 0 Å². The van der Waals surface area contributed by atoms with E-state index in [0.717, 1.165) is 21.7 Å². The third-order valence-electron chi connectivity index (χ3n) is 8.02. The molecule has 3 aromatic carbocycles. The minimum absolute atomic E-state index is 0.0221. The number of rotatable bonds is 12. The Balaban J connectivity index is 1.25. The van der Waals surface area contributed by atoms with Gasteiger partial charge in [0.15, 0.2) is 11.0 Å². The molecule has 1 atom stereocenters. The number of hydrogen-bond donors (Lipinski definition) is 1. The molecule has 0 bridgehead atoms. The van der Waals surface area contributed by atoms with Gasteiger partial charge in [-0.2, -0.15) is 5.10 Å². The fourth-order valence-electron chi connectivity index (χ4n) is 5.52. The van der Waals surface area contributed by atoms with Crippen molar-refractivity contribution in [2.75, 3.05) is 12.4 Å². The Morgan fingerprint density at radius 3 is 2.51 bits per heavy atom. The van der Waals surface area contributed by atoms with Gasteiger partial charge in [-0.05, 0) is 68.1 Å². The van der Waals surface area contributed by atoms with Gasteiger partial charge >= 0.3 is 0 Å². The highest BCUT2D eigenvalue weighted by molar-refractivity contribution is 7.99. The quantitative estimate of drug-likeness (QED) is 0.0868. The summed E-state index contributed by atoms with van der Waals surface area (Å²) in [5.41, 5.74) is 4.04. The van der Waals surface area contributed by atoms with E-state index in [1.54, 1.807) is 27.8 Å². The van der Waals surface area contributed by atoms with Crippen LogP contribution in [-0.2, 0) is 11.3 Å². The normalized spacial score (nSPS) is 14.1. The number of ether oxygens (including phenoxy) is 1. The number of nitro groups is 1. The van der Waals surface area contributed by atoms with Crippen LogP contribution in [0, 0.1) is 24.0 Å². The van der Waals surface area contributed by atoms with Crippen molar-refractivity contribution in [1.82, 2.24) is 25.1 Å². The summed E-state index contributed by atoms with van der Waals surface area (Å²) in [6.45, 7) is 5.96. The first-order chi connectivity index (χ1) is 23.7. The number of aromatic nitrogens is 3. The van der Waals surface area contributed by atoms with Gasteiger partial charge < -0.3 is 10.1 Å². The maximum atomic E-state index is 13.9. The number of aryl methyl sites for hydroxylation is 1. The Morgan fingerprint density at radius 1 is 1.04 bits per heavy atom. The lowest BCUT2D eigenvalue weighted by Crippen LogP contribution is -2.28. The Kier molecular flexibility index (Phi) is 10.2. The summed E-state index contributed by atoms with van der Waals surface area (Å²) in [5, 5.41) is 31.8. The molecule has 0 fully saturated rings. The Labute approximate surface area is 291 Å². The van der Waals surface area contributed by atoms with Gasteiger partial charge in [-0.3, -0.25) is 24.3 Å². The first-order valence-corrected chi connectivity index (χ1v) is 17.4. The zero-order chi connectivity index (χ0) is 34.5. The number of hydrogen-bond acceptors (Lipinski definition) is 10. The third-order valence-corrected chi connectivity index (χ3v) is 9.85. The summed E-state index contributed by atoms with van der Waals surface area (Å²) >= 11 is 2.81. The molecule has 1 aliphatic rings. The molecule has 14 heteroatoms. The summed E-state index contributed by atoms with van der Waals surface area (Å²) < 4.78 is 7.39. The summed E-state index contributed by atoms with van der Waals surface area (Å²) in [5.74, 6) is 0.474. The lowest BCUT2D eigenvalue weighted by atomic mass is 10.00. The van der Waals surface area contributed by atoms with Crippen molar-refractivity contribution < 1.29 is 19.2 Å². The van der Waals surface area contributed by atoms with E-state index in [1.807, 2.05) is 79.9 Å². The SMILES string of the molecule is CCOc1ccc(-n2c(CNC(=O)c3cccc([N+](=O)[O-])c3C)nnc2SCC(=O)N2N=C(c3cccs3)C[C@H]2c2ccc(C)cc2)cc1. The van der Waals surface area contributed by atoms with Gasteiger partial charge in [0.25, 0.3) is 17.5 Å². The van der Waals surface area contributed by atoms with Crippen LogP contribution in [0.25, 0.3) is 5.69 Å². The molecule has 49 heavy (non-hydrogen) atoms. The number of thiophene rings is 1. The minimum atomic E-state index is -0.515. The summed E-state index contributed by atoms with van der Waals surface area (Å²) in [7, 11) is 0. The van der Waals surface area contributed by atoms with Crippen LogP contribution in [0.4, 0.5) is 5.69 Å². The molecule has 1 N–H and O–H groups in total. The first-order valence-electron chi connectivity index (χ1n) is 15.6. The standard InChI is InChI=1S/C35H33N7O5S2/c1-4-47-26-16-14-25(15-17-26)40-32(20-36-34(44)27-7-5-8-29(23(27)3)42(45)46)37-38-35(40)49-21-33(43)41-30(24-12-10-22(2)11-13-24)19-28(39-41)31-9-6-18-48-31/h5-18,30H,4,19-21H2,1-3H3,(H,36,44)/t30-/m0/s1. The largest absolute Gasteiger partial charge is 0.494 e. The van der Waals surface area contributed by atoms with Crippen LogP contribution < -0.4 is 10.1 Å². The number of nitro benzene ring substituents is 1. The lowest BCUT2D eigenvalue weighted by Gasteiger charge is -2.22. The number of amides is 2. The summed E-state index contributed by atoms with van der Waals surface area (Å²) in [4.78, 5) is 38.9. The number of hydrazone groups is 1. The van der Waals surface area contributed by atoms with Crippen LogP contribution in [-0.4, -0.2) is 54.6 Å². The number of carbonyl (C=O) groups excluding carboxylic acids is 2. The van der Waals surface area contributed by atoms with Gasteiger partial charge in [0.2, 0.25) is 0 Å². The molecule has 2 aromatic heterocycles. The van der Waals surface area contributed by atoms with E-state index in [9.17, 15) is 19.7 Å². The van der Waals surface area contributed by atoms with Crippen LogP contribution in [0.3, 0.4) is 0 Å². The summed E-state index contributed by atoms with van der Waals surface area (Å²) in [6.07, 6.45) is 0.607. The highest BCUT2D eigenvalue weighted by Gasteiger charge is 2.34. The number of carbonyl (C=O) groups is 2. The van der Waals surface area contributed by atoms with E-state index >= 15 is 0 Å². The van der Waals surface area contributed by atoms with Crippen LogP contribution in [0.1, 0.15) is 57.1 Å². The minimum Gasteiger partial charge on any atom is -0.494 e. The molecule has 0 radical (unpaired) electrons. The molecule has 250 valence electrons. The average Bonchev–Trinajstić information content (AvgIpc) is 3.88. The topological polar surface area (TPSA) is 145 Å². The van der Waals surface area contributed by atoms with E-state index < -0.39 is 10.8 Å². The second kappa shape index (κ2) is 14.8. The molecule has 6 rings (SSSR count). The number of nitrogens with one attached hydrogen (secondary N) is 1. The van der Waals surface area contributed by atoms with Crippen molar-refractivity contribution in [1.29, 1.82) is 0 Å². The van der Waals surface area contributed by atoms with E-state index in [-0.39, 0.29) is 41.1 Å². The van der Waals surface area contributed by atoms with Gasteiger partial charge in [0.1, 0.15) is 5.75 Å². The van der Waals surface area contributed by atoms with Crippen LogP contribution in [0.15, 0.2) is 94.5 Å². The molecule has 5 aromatic rings. The molecular formula is C35H33N7O5S2. The molecule has 0 aliphatic carbocycles. The number of nitrogens with zero attached hydrogens (tertiary/aromatic N) is 6. The van der Waals surface area contributed by atoms with Crippen molar-refractivity contribution in [2.24, 2.45) is 5.10 Å². The maximum absolute atomic E-state index is 13.9. The second-order valence-electron chi connectivity index (χ2n) is 11.2. The zero-order valence-electron chi connectivity index (χ0n) is 27.0. The molecule has 3 heterocycles. The molecule has 2 amide bonds. The predicted molar refractivity (Wildman–Crippen MR) is 188 cm³/mol. The molecule has 0 unspecified atom stereocenters. The fourth-order valence-corrected chi connectivity index (χ4v) is 7.06. The van der Waals surface area contributed by atoms with E-state index in [1.165, 1.54) is 30.0 Å². The average molecular weight is 696 g/mol. The van der Waals surface area contributed by atoms with Crippen molar-refractivity contribution in [3.8, 4) is 11.4 Å². The van der Waals surface area contributed by atoms with Gasteiger partial charge in [0.05, 0.1) is 40.5 Å². The Hall–Kier alpha value is -5.34. The smallest absolute Gasteiger partial charge is 0.273 e. The maximum Gasteiger partial charge on any atom is 0.273 e. The Bertz CT molecular complexity index is 2010.